The average molecular weight is 396 g/mol. The molecule has 0 spiro atoms. The van der Waals surface area contributed by atoms with Gasteiger partial charge in [0.2, 0.25) is 5.91 Å². The second-order valence-electron chi connectivity index (χ2n) is 6.20. The van der Waals surface area contributed by atoms with Crippen LogP contribution < -0.4 is 5.32 Å². The maximum absolute atomic E-state index is 12.7. The van der Waals surface area contributed by atoms with E-state index in [0.717, 1.165) is 42.5 Å². The predicted molar refractivity (Wildman–Crippen MR) is 100 cm³/mol. The van der Waals surface area contributed by atoms with Gasteiger partial charge in [-0.25, -0.2) is 4.79 Å². The minimum atomic E-state index is -0.162. The lowest BCUT2D eigenvalue weighted by Gasteiger charge is -2.29. The third-order valence-electron chi connectivity index (χ3n) is 4.52. The van der Waals surface area contributed by atoms with Gasteiger partial charge in [-0.05, 0) is 54.2 Å². The van der Waals surface area contributed by atoms with E-state index in [1.54, 1.807) is 4.90 Å². The fourth-order valence-corrected chi connectivity index (χ4v) is 3.22. The molecule has 1 heterocycles. The Morgan fingerprint density at radius 3 is 2.58 bits per heavy atom. The van der Waals surface area contributed by atoms with E-state index in [1.807, 2.05) is 43.0 Å². The van der Waals surface area contributed by atoms with Gasteiger partial charge in [-0.15, -0.1) is 0 Å². The molecule has 132 valence electrons. The predicted octanol–water partition coefficient (Wildman–Crippen LogP) is 4.09. The molecular formula is C18H26BrN3O2. The molecule has 1 atom stereocenters. The third kappa shape index (κ3) is 4.97. The van der Waals surface area contributed by atoms with Crippen molar-refractivity contribution in [1.29, 1.82) is 0 Å². The van der Waals surface area contributed by atoms with Gasteiger partial charge < -0.3 is 15.1 Å². The summed E-state index contributed by atoms with van der Waals surface area (Å²) < 4.78 is 0.843. The van der Waals surface area contributed by atoms with Gasteiger partial charge in [0.25, 0.3) is 0 Å². The van der Waals surface area contributed by atoms with E-state index in [1.165, 1.54) is 0 Å². The highest BCUT2D eigenvalue weighted by Gasteiger charge is 2.23. The summed E-state index contributed by atoms with van der Waals surface area (Å²) in [6.45, 7) is 6.21. The van der Waals surface area contributed by atoms with Crippen LogP contribution in [-0.4, -0.2) is 47.4 Å². The van der Waals surface area contributed by atoms with Gasteiger partial charge in [0, 0.05) is 36.6 Å². The van der Waals surface area contributed by atoms with Gasteiger partial charge in [-0.3, -0.25) is 4.79 Å². The number of carbonyl (C=O) groups excluding carboxylic acids is 2. The molecule has 1 N–H and O–H groups in total. The standard InChI is InChI=1S/C18H26BrN3O2/c1-3-14(2)22(13-10-17(23)21-11-6-7-12-21)18(24)20-16-9-5-4-8-15(16)19/h4-5,8-9,14H,3,6-7,10-13H2,1-2H3,(H,20,24). The molecule has 1 aromatic carbocycles. The highest BCUT2D eigenvalue weighted by atomic mass is 79.9. The van der Waals surface area contributed by atoms with Gasteiger partial charge in [0.15, 0.2) is 0 Å². The van der Waals surface area contributed by atoms with Crippen molar-refractivity contribution in [2.45, 2.75) is 45.6 Å². The van der Waals surface area contributed by atoms with E-state index in [-0.39, 0.29) is 18.0 Å². The molecule has 1 saturated heterocycles. The molecule has 0 radical (unpaired) electrons. The van der Waals surface area contributed by atoms with Crippen molar-refractivity contribution < 1.29 is 9.59 Å². The zero-order chi connectivity index (χ0) is 17.5. The number of urea groups is 1. The van der Waals surface area contributed by atoms with E-state index in [4.69, 9.17) is 0 Å². The van der Waals surface area contributed by atoms with Crippen molar-refractivity contribution in [2.75, 3.05) is 25.0 Å². The summed E-state index contributed by atoms with van der Waals surface area (Å²) in [5, 5.41) is 2.93. The molecule has 0 bridgehead atoms. The molecule has 1 aliphatic heterocycles. The van der Waals surface area contributed by atoms with Crippen molar-refractivity contribution in [2.24, 2.45) is 0 Å². The van der Waals surface area contributed by atoms with Gasteiger partial charge in [-0.2, -0.15) is 0 Å². The van der Waals surface area contributed by atoms with Crippen LogP contribution in [0.4, 0.5) is 10.5 Å². The number of amides is 3. The Bertz CT molecular complexity index is 573. The van der Waals surface area contributed by atoms with E-state index in [9.17, 15) is 9.59 Å². The van der Waals surface area contributed by atoms with Crippen LogP contribution in [0.15, 0.2) is 28.7 Å². The molecule has 3 amide bonds. The number of nitrogens with zero attached hydrogens (tertiary/aromatic N) is 2. The normalized spacial score (nSPS) is 15.2. The number of hydrogen-bond donors (Lipinski definition) is 1. The first-order chi connectivity index (χ1) is 11.5. The van der Waals surface area contributed by atoms with Crippen molar-refractivity contribution in [3.05, 3.63) is 28.7 Å². The molecule has 24 heavy (non-hydrogen) atoms. The SMILES string of the molecule is CCC(C)N(CCC(=O)N1CCCC1)C(=O)Nc1ccccc1Br. The Balaban J connectivity index is 1.97. The summed E-state index contributed by atoms with van der Waals surface area (Å²) in [7, 11) is 0. The maximum atomic E-state index is 12.7. The molecule has 2 rings (SSSR count). The van der Waals surface area contributed by atoms with Crippen LogP contribution in [0.2, 0.25) is 0 Å². The number of likely N-dealkylation sites (tertiary alicyclic amines) is 1. The highest BCUT2D eigenvalue weighted by Crippen LogP contribution is 2.22. The van der Waals surface area contributed by atoms with E-state index < -0.39 is 0 Å². The summed E-state index contributed by atoms with van der Waals surface area (Å²) in [5.41, 5.74) is 0.738. The second-order valence-corrected chi connectivity index (χ2v) is 7.05. The minimum absolute atomic E-state index is 0.0823. The summed E-state index contributed by atoms with van der Waals surface area (Å²) in [6, 6.07) is 7.45. The summed E-state index contributed by atoms with van der Waals surface area (Å²) >= 11 is 3.44. The first kappa shape index (κ1) is 18.8. The zero-order valence-electron chi connectivity index (χ0n) is 14.4. The lowest BCUT2D eigenvalue weighted by atomic mass is 10.2. The number of benzene rings is 1. The molecule has 1 unspecified atom stereocenters. The highest BCUT2D eigenvalue weighted by molar-refractivity contribution is 9.10. The topological polar surface area (TPSA) is 52.7 Å². The molecule has 5 nitrogen and oxygen atoms in total. The Morgan fingerprint density at radius 2 is 1.96 bits per heavy atom. The number of nitrogens with one attached hydrogen (secondary N) is 1. The quantitative estimate of drug-likeness (QED) is 0.788. The molecule has 0 aromatic heterocycles. The van der Waals surface area contributed by atoms with E-state index in [0.29, 0.717) is 13.0 Å². The Hall–Kier alpha value is -1.56. The van der Waals surface area contributed by atoms with Crippen LogP contribution in [0.1, 0.15) is 39.5 Å². The second kappa shape index (κ2) is 9.06. The lowest BCUT2D eigenvalue weighted by molar-refractivity contribution is -0.130. The first-order valence-electron chi connectivity index (χ1n) is 8.62. The van der Waals surface area contributed by atoms with Crippen LogP contribution in [0, 0.1) is 0 Å². The van der Waals surface area contributed by atoms with Crippen molar-refractivity contribution >= 4 is 33.6 Å². The Labute approximate surface area is 152 Å². The smallest absolute Gasteiger partial charge is 0.322 e. The van der Waals surface area contributed by atoms with Crippen LogP contribution >= 0.6 is 15.9 Å². The first-order valence-corrected chi connectivity index (χ1v) is 9.42. The molecule has 1 fully saturated rings. The maximum Gasteiger partial charge on any atom is 0.322 e. The number of rotatable bonds is 6. The number of anilines is 1. The fraction of sp³-hybridized carbons (Fsp3) is 0.556. The molecular weight excluding hydrogens is 370 g/mol. The summed E-state index contributed by atoms with van der Waals surface area (Å²) in [5.74, 6) is 0.148. The summed E-state index contributed by atoms with van der Waals surface area (Å²) in [4.78, 5) is 28.6. The van der Waals surface area contributed by atoms with Crippen LogP contribution in [0.25, 0.3) is 0 Å². The van der Waals surface area contributed by atoms with Crippen LogP contribution in [0.3, 0.4) is 0 Å². The Kier molecular flexibility index (Phi) is 7.09. The fourth-order valence-electron chi connectivity index (χ4n) is 2.83. The van der Waals surface area contributed by atoms with Crippen LogP contribution in [0.5, 0.6) is 0 Å². The van der Waals surface area contributed by atoms with Crippen molar-refractivity contribution in [3.8, 4) is 0 Å². The molecule has 0 aliphatic carbocycles. The van der Waals surface area contributed by atoms with Gasteiger partial charge >= 0.3 is 6.03 Å². The zero-order valence-corrected chi connectivity index (χ0v) is 16.0. The monoisotopic (exact) mass is 395 g/mol. The average Bonchev–Trinajstić information content (AvgIpc) is 3.11. The molecule has 0 saturated carbocycles. The number of halogens is 1. The van der Waals surface area contributed by atoms with E-state index in [2.05, 4.69) is 21.2 Å². The van der Waals surface area contributed by atoms with Crippen molar-refractivity contribution in [1.82, 2.24) is 9.80 Å². The number of para-hydroxylation sites is 1. The Morgan fingerprint density at radius 1 is 1.29 bits per heavy atom. The van der Waals surface area contributed by atoms with Gasteiger partial charge in [0.1, 0.15) is 0 Å². The number of hydrogen-bond acceptors (Lipinski definition) is 2. The molecule has 6 heteroatoms. The molecule has 1 aliphatic rings. The molecule has 1 aromatic rings. The number of carbonyl (C=O) groups is 2. The van der Waals surface area contributed by atoms with E-state index >= 15 is 0 Å². The van der Waals surface area contributed by atoms with Crippen LogP contribution in [-0.2, 0) is 4.79 Å². The lowest BCUT2D eigenvalue weighted by Crippen LogP contribution is -2.43. The minimum Gasteiger partial charge on any atom is -0.343 e. The van der Waals surface area contributed by atoms with Gasteiger partial charge in [-0.1, -0.05) is 19.1 Å². The van der Waals surface area contributed by atoms with Gasteiger partial charge in [0.05, 0.1) is 5.69 Å². The van der Waals surface area contributed by atoms with Crippen molar-refractivity contribution in [3.63, 3.8) is 0 Å². The largest absolute Gasteiger partial charge is 0.343 e. The summed E-state index contributed by atoms with van der Waals surface area (Å²) in [6.07, 6.45) is 3.40. The third-order valence-corrected chi connectivity index (χ3v) is 5.22.